The molecule has 0 radical (unpaired) electrons. The van der Waals surface area contributed by atoms with Crippen molar-refractivity contribution < 1.29 is 10.2 Å². The summed E-state index contributed by atoms with van der Waals surface area (Å²) in [5.74, 6) is 0. The summed E-state index contributed by atoms with van der Waals surface area (Å²) in [7, 11) is 0. The molecule has 80 valence electrons. The molecule has 2 atom stereocenters. The molecule has 0 unspecified atom stereocenters. The van der Waals surface area contributed by atoms with Crippen molar-refractivity contribution in [2.24, 2.45) is 5.73 Å². The molecule has 1 aromatic rings. The lowest BCUT2D eigenvalue weighted by Crippen LogP contribution is -2.26. The van der Waals surface area contributed by atoms with Crippen LogP contribution in [0.4, 0.5) is 5.69 Å². The van der Waals surface area contributed by atoms with Gasteiger partial charge in [-0.25, -0.2) is 4.85 Å². The van der Waals surface area contributed by atoms with E-state index in [4.69, 9.17) is 17.4 Å². The highest BCUT2D eigenvalue weighted by Crippen LogP contribution is 2.20. The van der Waals surface area contributed by atoms with Crippen LogP contribution in [0.2, 0.25) is 0 Å². The van der Waals surface area contributed by atoms with Gasteiger partial charge in [-0.2, -0.15) is 0 Å². The molecule has 0 aliphatic heterocycles. The first-order valence-electron chi connectivity index (χ1n) is 4.69. The minimum atomic E-state index is -0.688. The second-order valence-electron chi connectivity index (χ2n) is 3.40. The Hall–Kier alpha value is -1.41. The molecule has 1 rings (SSSR count). The maximum atomic E-state index is 9.72. The number of nitrogens with zero attached hydrogens (tertiary/aromatic N) is 1. The molecule has 0 amide bonds. The molecule has 0 saturated carbocycles. The van der Waals surface area contributed by atoms with Crippen molar-refractivity contribution in [2.75, 3.05) is 6.61 Å². The quantitative estimate of drug-likeness (QED) is 0.643. The predicted molar refractivity (Wildman–Crippen MR) is 57.3 cm³/mol. The number of nitrogens with two attached hydrogens (primary N) is 1. The number of aliphatic hydroxyl groups is 2. The first kappa shape index (κ1) is 11.7. The molecule has 0 bridgehead atoms. The molecule has 4 N–H and O–H groups in total. The van der Waals surface area contributed by atoms with Crippen molar-refractivity contribution in [1.82, 2.24) is 0 Å². The average Bonchev–Trinajstić information content (AvgIpc) is 2.29. The van der Waals surface area contributed by atoms with Crippen LogP contribution < -0.4 is 5.73 Å². The number of benzene rings is 1. The van der Waals surface area contributed by atoms with Crippen LogP contribution in [-0.2, 0) is 0 Å². The van der Waals surface area contributed by atoms with E-state index in [1.807, 2.05) is 0 Å². The lowest BCUT2D eigenvalue weighted by atomic mass is 10.0. The summed E-state index contributed by atoms with van der Waals surface area (Å²) in [4.78, 5) is 3.25. The van der Waals surface area contributed by atoms with Crippen molar-refractivity contribution in [3.8, 4) is 0 Å². The van der Waals surface area contributed by atoms with E-state index in [0.717, 1.165) is 0 Å². The first-order valence-corrected chi connectivity index (χ1v) is 4.69. The zero-order valence-corrected chi connectivity index (χ0v) is 8.30. The highest BCUT2D eigenvalue weighted by Gasteiger charge is 2.11. The Morgan fingerprint density at radius 1 is 1.33 bits per heavy atom. The van der Waals surface area contributed by atoms with Gasteiger partial charge in [0.1, 0.15) is 0 Å². The van der Waals surface area contributed by atoms with Gasteiger partial charge in [0.25, 0.3) is 0 Å². The monoisotopic (exact) mass is 206 g/mol. The standard InChI is InChI=1S/C11H14N2O2/c1-13-10-4-2-8(3-5-10)11(15)6-9(12)7-14/h2-5,9,11,14-15H,6-7,12H2/t9-,11+/m0/s1. The van der Waals surface area contributed by atoms with Crippen LogP contribution in [0.1, 0.15) is 18.1 Å². The van der Waals surface area contributed by atoms with Gasteiger partial charge in [-0.15, -0.1) is 0 Å². The smallest absolute Gasteiger partial charge is 0.187 e. The Morgan fingerprint density at radius 2 is 1.93 bits per heavy atom. The summed E-state index contributed by atoms with van der Waals surface area (Å²) in [5, 5.41) is 18.5. The Bertz CT molecular complexity index is 343. The summed E-state index contributed by atoms with van der Waals surface area (Å²) in [6.45, 7) is 6.63. The van der Waals surface area contributed by atoms with Crippen molar-refractivity contribution in [3.05, 3.63) is 41.2 Å². The van der Waals surface area contributed by atoms with E-state index >= 15 is 0 Å². The van der Waals surface area contributed by atoms with Crippen molar-refractivity contribution in [3.63, 3.8) is 0 Å². The van der Waals surface area contributed by atoms with Crippen molar-refractivity contribution >= 4 is 5.69 Å². The van der Waals surface area contributed by atoms with Gasteiger partial charge in [-0.3, -0.25) is 0 Å². The minimum Gasteiger partial charge on any atom is -0.395 e. The Kier molecular flexibility index (Phi) is 4.25. The summed E-state index contributed by atoms with van der Waals surface area (Å²) in [5.41, 5.74) is 6.76. The number of aliphatic hydroxyl groups excluding tert-OH is 2. The second-order valence-corrected chi connectivity index (χ2v) is 3.40. The number of hydrogen-bond acceptors (Lipinski definition) is 3. The van der Waals surface area contributed by atoms with Gasteiger partial charge in [-0.1, -0.05) is 24.3 Å². The second kappa shape index (κ2) is 5.47. The Morgan fingerprint density at radius 3 is 2.40 bits per heavy atom. The number of rotatable bonds is 4. The highest BCUT2D eigenvalue weighted by atomic mass is 16.3. The van der Waals surface area contributed by atoms with Gasteiger partial charge >= 0.3 is 0 Å². The van der Waals surface area contributed by atoms with Crippen LogP contribution >= 0.6 is 0 Å². The predicted octanol–water partition coefficient (Wildman–Crippen LogP) is 0.980. The van der Waals surface area contributed by atoms with Gasteiger partial charge in [0.15, 0.2) is 5.69 Å². The molecule has 0 aromatic heterocycles. The molecule has 0 saturated heterocycles. The molecule has 15 heavy (non-hydrogen) atoms. The molecule has 0 aliphatic rings. The van der Waals surface area contributed by atoms with Crippen LogP contribution in [0.5, 0.6) is 0 Å². The van der Waals surface area contributed by atoms with Crippen LogP contribution in [-0.4, -0.2) is 22.9 Å². The maximum Gasteiger partial charge on any atom is 0.187 e. The average molecular weight is 206 g/mol. The molecule has 0 fully saturated rings. The lowest BCUT2D eigenvalue weighted by molar-refractivity contribution is 0.140. The van der Waals surface area contributed by atoms with Gasteiger partial charge in [0.2, 0.25) is 0 Å². The molecule has 4 heteroatoms. The van der Waals surface area contributed by atoms with Gasteiger partial charge in [-0.05, 0) is 12.0 Å². The van der Waals surface area contributed by atoms with E-state index in [0.29, 0.717) is 17.7 Å². The van der Waals surface area contributed by atoms with E-state index in [9.17, 15) is 5.11 Å². The fraction of sp³-hybridized carbons (Fsp3) is 0.364. The maximum absolute atomic E-state index is 9.72. The highest BCUT2D eigenvalue weighted by molar-refractivity contribution is 5.45. The third-order valence-corrected chi connectivity index (χ3v) is 2.17. The Balaban J connectivity index is 2.66. The van der Waals surface area contributed by atoms with Crippen LogP contribution in [0.3, 0.4) is 0 Å². The van der Waals surface area contributed by atoms with Gasteiger partial charge in [0, 0.05) is 6.04 Å². The first-order chi connectivity index (χ1) is 7.17. The zero-order valence-electron chi connectivity index (χ0n) is 8.30. The SMILES string of the molecule is [C-]#[N+]c1ccc([C@H](O)C[C@H](N)CO)cc1. The van der Waals surface area contributed by atoms with Crippen molar-refractivity contribution in [2.45, 2.75) is 18.6 Å². The van der Waals surface area contributed by atoms with E-state index in [-0.39, 0.29) is 6.61 Å². The van der Waals surface area contributed by atoms with E-state index < -0.39 is 12.1 Å². The molecule has 4 nitrogen and oxygen atoms in total. The molecular formula is C11H14N2O2. The van der Waals surface area contributed by atoms with Gasteiger partial charge < -0.3 is 15.9 Å². The Labute approximate surface area is 88.8 Å². The van der Waals surface area contributed by atoms with Crippen LogP contribution in [0.15, 0.2) is 24.3 Å². The van der Waals surface area contributed by atoms with E-state index in [2.05, 4.69) is 4.85 Å². The molecule has 0 aliphatic carbocycles. The van der Waals surface area contributed by atoms with Crippen molar-refractivity contribution in [1.29, 1.82) is 0 Å². The summed E-state index contributed by atoms with van der Waals surface area (Å²) >= 11 is 0. The third kappa shape index (κ3) is 3.33. The largest absolute Gasteiger partial charge is 0.395 e. The lowest BCUT2D eigenvalue weighted by Gasteiger charge is -2.14. The summed E-state index contributed by atoms with van der Waals surface area (Å²) in [6.07, 6.45) is -0.375. The minimum absolute atomic E-state index is 0.142. The van der Waals surface area contributed by atoms with E-state index in [1.165, 1.54) is 0 Å². The molecule has 1 aromatic carbocycles. The summed E-state index contributed by atoms with van der Waals surface area (Å²) in [6, 6.07) is 6.27. The number of hydrogen-bond donors (Lipinski definition) is 3. The molecular weight excluding hydrogens is 192 g/mol. The van der Waals surface area contributed by atoms with E-state index in [1.54, 1.807) is 24.3 Å². The fourth-order valence-electron chi connectivity index (χ4n) is 1.27. The zero-order chi connectivity index (χ0) is 11.3. The molecule has 0 spiro atoms. The normalized spacial score (nSPS) is 14.3. The molecule has 0 heterocycles. The van der Waals surface area contributed by atoms with Crippen LogP contribution in [0.25, 0.3) is 4.85 Å². The topological polar surface area (TPSA) is 70.8 Å². The van der Waals surface area contributed by atoms with Crippen LogP contribution in [0, 0.1) is 6.57 Å². The summed E-state index contributed by atoms with van der Waals surface area (Å²) < 4.78 is 0. The fourth-order valence-corrected chi connectivity index (χ4v) is 1.27. The third-order valence-electron chi connectivity index (χ3n) is 2.17. The van der Waals surface area contributed by atoms with Gasteiger partial charge in [0.05, 0.1) is 19.3 Å².